The summed E-state index contributed by atoms with van der Waals surface area (Å²) in [5.74, 6) is -0.347. The second-order valence-electron chi connectivity index (χ2n) is 6.50. The number of hydrogen-bond donors (Lipinski definition) is 0. The van der Waals surface area contributed by atoms with Crippen LogP contribution < -0.4 is 0 Å². The molecule has 0 aliphatic carbocycles. The van der Waals surface area contributed by atoms with Gasteiger partial charge in [-0.05, 0) is 50.3 Å². The van der Waals surface area contributed by atoms with Crippen molar-refractivity contribution >= 4 is 0 Å². The van der Waals surface area contributed by atoms with Crippen LogP contribution in [0.25, 0.3) is 0 Å². The lowest BCUT2D eigenvalue weighted by Crippen LogP contribution is -2.35. The standard InChI is InChI=1S/C18H23F2N3/c1-22-11-15(10-21-22)13-23-9-3-4-14(12-23)7-8-16-17(19)5-2-6-18(16)20/h2,5-6,10-11,14H,3-4,7-9,12-13H2,1H3. The highest BCUT2D eigenvalue weighted by atomic mass is 19.1. The van der Waals surface area contributed by atoms with E-state index in [-0.39, 0.29) is 5.56 Å². The van der Waals surface area contributed by atoms with E-state index in [0.717, 1.165) is 38.9 Å². The lowest BCUT2D eigenvalue weighted by molar-refractivity contribution is 0.161. The van der Waals surface area contributed by atoms with E-state index < -0.39 is 11.6 Å². The highest BCUT2D eigenvalue weighted by Gasteiger charge is 2.21. The fourth-order valence-corrected chi connectivity index (χ4v) is 3.46. The maximum absolute atomic E-state index is 13.7. The molecule has 2 aromatic rings. The van der Waals surface area contributed by atoms with Gasteiger partial charge in [-0.1, -0.05) is 6.07 Å². The second-order valence-corrected chi connectivity index (χ2v) is 6.50. The molecule has 3 rings (SSSR count). The van der Waals surface area contributed by atoms with E-state index in [9.17, 15) is 8.78 Å². The monoisotopic (exact) mass is 319 g/mol. The molecule has 1 aliphatic heterocycles. The van der Waals surface area contributed by atoms with Crippen LogP contribution in [-0.4, -0.2) is 27.8 Å². The van der Waals surface area contributed by atoms with Gasteiger partial charge in [0.1, 0.15) is 11.6 Å². The van der Waals surface area contributed by atoms with Gasteiger partial charge in [0.25, 0.3) is 0 Å². The van der Waals surface area contributed by atoms with E-state index in [1.807, 2.05) is 24.1 Å². The first-order chi connectivity index (χ1) is 11.1. The summed E-state index contributed by atoms with van der Waals surface area (Å²) in [6.07, 6.45) is 7.53. The molecule has 0 saturated carbocycles. The van der Waals surface area contributed by atoms with Crippen molar-refractivity contribution in [1.29, 1.82) is 0 Å². The maximum Gasteiger partial charge on any atom is 0.129 e. The Morgan fingerprint density at radius 1 is 1.26 bits per heavy atom. The Balaban J connectivity index is 1.54. The molecule has 0 bridgehead atoms. The number of rotatable bonds is 5. The molecule has 2 heterocycles. The van der Waals surface area contributed by atoms with Crippen LogP contribution in [-0.2, 0) is 20.0 Å². The summed E-state index contributed by atoms with van der Waals surface area (Å²) >= 11 is 0. The molecular formula is C18H23F2N3. The predicted octanol–water partition coefficient (Wildman–Crippen LogP) is 3.54. The van der Waals surface area contributed by atoms with Gasteiger partial charge in [-0.15, -0.1) is 0 Å². The Bertz CT molecular complexity index is 633. The molecule has 0 amide bonds. The van der Waals surface area contributed by atoms with Crippen LogP contribution in [0.2, 0.25) is 0 Å². The molecule has 23 heavy (non-hydrogen) atoms. The topological polar surface area (TPSA) is 21.1 Å². The van der Waals surface area contributed by atoms with Crippen molar-refractivity contribution < 1.29 is 8.78 Å². The lowest BCUT2D eigenvalue weighted by Gasteiger charge is -2.32. The van der Waals surface area contributed by atoms with Crippen LogP contribution in [0.5, 0.6) is 0 Å². The minimum Gasteiger partial charge on any atom is -0.299 e. The molecular weight excluding hydrogens is 296 g/mol. The summed E-state index contributed by atoms with van der Waals surface area (Å²) < 4.78 is 29.2. The normalized spacial score (nSPS) is 19.2. The highest BCUT2D eigenvalue weighted by molar-refractivity contribution is 5.19. The first kappa shape index (κ1) is 16.1. The third kappa shape index (κ3) is 4.16. The Morgan fingerprint density at radius 3 is 2.74 bits per heavy atom. The van der Waals surface area contributed by atoms with Crippen molar-refractivity contribution in [1.82, 2.24) is 14.7 Å². The molecule has 1 unspecified atom stereocenters. The Labute approximate surface area is 135 Å². The molecule has 1 aromatic carbocycles. The van der Waals surface area contributed by atoms with Crippen molar-refractivity contribution in [2.75, 3.05) is 13.1 Å². The molecule has 1 aliphatic rings. The summed E-state index contributed by atoms with van der Waals surface area (Å²) in [6, 6.07) is 4.10. The Hall–Kier alpha value is -1.75. The highest BCUT2D eigenvalue weighted by Crippen LogP contribution is 2.24. The molecule has 3 nitrogen and oxygen atoms in total. The minimum atomic E-state index is -0.423. The third-order valence-electron chi connectivity index (χ3n) is 4.63. The number of likely N-dealkylation sites (tertiary alicyclic amines) is 1. The van der Waals surface area contributed by atoms with Gasteiger partial charge in [-0.2, -0.15) is 5.10 Å². The first-order valence-corrected chi connectivity index (χ1v) is 8.24. The Morgan fingerprint density at radius 2 is 2.04 bits per heavy atom. The smallest absolute Gasteiger partial charge is 0.129 e. The van der Waals surface area contributed by atoms with Crippen molar-refractivity contribution in [3.8, 4) is 0 Å². The van der Waals surface area contributed by atoms with Gasteiger partial charge >= 0.3 is 0 Å². The van der Waals surface area contributed by atoms with E-state index >= 15 is 0 Å². The van der Waals surface area contributed by atoms with Gasteiger partial charge < -0.3 is 0 Å². The van der Waals surface area contributed by atoms with E-state index in [0.29, 0.717) is 12.3 Å². The molecule has 1 saturated heterocycles. The fourth-order valence-electron chi connectivity index (χ4n) is 3.46. The number of aryl methyl sites for hydroxylation is 1. The molecule has 5 heteroatoms. The molecule has 0 radical (unpaired) electrons. The van der Waals surface area contributed by atoms with Crippen molar-refractivity contribution in [2.45, 2.75) is 32.2 Å². The second kappa shape index (κ2) is 7.21. The zero-order valence-corrected chi connectivity index (χ0v) is 13.5. The van der Waals surface area contributed by atoms with Crippen LogP contribution in [0.1, 0.15) is 30.4 Å². The number of hydrogen-bond acceptors (Lipinski definition) is 2. The van der Waals surface area contributed by atoms with E-state index in [2.05, 4.69) is 10.00 Å². The van der Waals surface area contributed by atoms with Gasteiger partial charge in [0.2, 0.25) is 0 Å². The van der Waals surface area contributed by atoms with Gasteiger partial charge in [-0.25, -0.2) is 8.78 Å². The van der Waals surface area contributed by atoms with Crippen LogP contribution >= 0.6 is 0 Å². The van der Waals surface area contributed by atoms with Gasteiger partial charge in [0.05, 0.1) is 6.20 Å². The van der Waals surface area contributed by atoms with Crippen LogP contribution in [0.15, 0.2) is 30.6 Å². The largest absolute Gasteiger partial charge is 0.299 e. The number of halogens is 2. The summed E-state index contributed by atoms with van der Waals surface area (Å²) in [7, 11) is 1.92. The molecule has 1 aromatic heterocycles. The van der Waals surface area contributed by atoms with Crippen LogP contribution in [0.3, 0.4) is 0 Å². The summed E-state index contributed by atoms with van der Waals surface area (Å²) in [5.41, 5.74) is 1.45. The van der Waals surface area contributed by atoms with Crippen LogP contribution in [0, 0.1) is 17.6 Å². The number of piperidine rings is 1. The molecule has 1 atom stereocenters. The summed E-state index contributed by atoms with van der Waals surface area (Å²) in [6.45, 7) is 2.98. The first-order valence-electron chi connectivity index (χ1n) is 8.24. The average Bonchev–Trinajstić information content (AvgIpc) is 2.92. The Kier molecular flexibility index (Phi) is 5.06. The molecule has 124 valence electrons. The van der Waals surface area contributed by atoms with Gasteiger partial charge in [0, 0.05) is 37.5 Å². The number of benzene rings is 1. The summed E-state index contributed by atoms with van der Waals surface area (Å²) in [5, 5.41) is 4.20. The summed E-state index contributed by atoms with van der Waals surface area (Å²) in [4.78, 5) is 2.42. The van der Waals surface area contributed by atoms with Gasteiger partial charge in [0.15, 0.2) is 0 Å². The maximum atomic E-state index is 13.7. The molecule has 0 spiro atoms. The molecule has 1 fully saturated rings. The average molecular weight is 319 g/mol. The van der Waals surface area contributed by atoms with Gasteiger partial charge in [-0.3, -0.25) is 9.58 Å². The molecule has 0 N–H and O–H groups in total. The van der Waals surface area contributed by atoms with E-state index in [1.165, 1.54) is 23.8 Å². The van der Waals surface area contributed by atoms with Crippen molar-refractivity contribution in [2.24, 2.45) is 13.0 Å². The SMILES string of the molecule is Cn1cc(CN2CCCC(CCc3c(F)cccc3F)C2)cn1. The number of aromatic nitrogens is 2. The quantitative estimate of drug-likeness (QED) is 0.840. The number of nitrogens with zero attached hydrogens (tertiary/aromatic N) is 3. The minimum absolute atomic E-state index is 0.233. The predicted molar refractivity (Wildman–Crippen MR) is 85.9 cm³/mol. The van der Waals surface area contributed by atoms with E-state index in [1.54, 1.807) is 0 Å². The van der Waals surface area contributed by atoms with E-state index in [4.69, 9.17) is 0 Å². The van der Waals surface area contributed by atoms with Crippen molar-refractivity contribution in [3.63, 3.8) is 0 Å². The fraction of sp³-hybridized carbons (Fsp3) is 0.500. The van der Waals surface area contributed by atoms with Crippen LogP contribution in [0.4, 0.5) is 8.78 Å². The zero-order valence-electron chi connectivity index (χ0n) is 13.5. The van der Waals surface area contributed by atoms with Crippen molar-refractivity contribution in [3.05, 3.63) is 53.4 Å². The third-order valence-corrected chi connectivity index (χ3v) is 4.63. The lowest BCUT2D eigenvalue weighted by atomic mass is 9.91. The zero-order chi connectivity index (χ0) is 16.2.